The molecule has 4 atom stereocenters. The largest absolute Gasteiger partial charge is 0.480 e. The van der Waals surface area contributed by atoms with Crippen LogP contribution in [0.5, 0.6) is 0 Å². The molecule has 0 aliphatic carbocycles. The maximum Gasteiger partial charge on any atom is 0.328 e. The van der Waals surface area contributed by atoms with Crippen LogP contribution in [0.15, 0.2) is 12.5 Å². The van der Waals surface area contributed by atoms with E-state index in [1.807, 2.05) is 0 Å². The first-order valence-corrected chi connectivity index (χ1v) is 10.00. The number of carbonyl (C=O) groups is 4. The summed E-state index contributed by atoms with van der Waals surface area (Å²) in [5, 5.41) is 23.0. The number of carbonyl (C=O) groups excluding carboxylic acids is 3. The Morgan fingerprint density at radius 3 is 2.63 bits per heavy atom. The van der Waals surface area contributed by atoms with E-state index in [0.29, 0.717) is 18.5 Å². The number of carboxylic acid groups (broad SMARTS) is 1. The second-order valence-corrected chi connectivity index (χ2v) is 7.27. The first kappa shape index (κ1) is 23.6. The third-order valence-corrected chi connectivity index (χ3v) is 5.16. The van der Waals surface area contributed by atoms with Crippen molar-refractivity contribution in [3.8, 4) is 0 Å². The molecule has 0 saturated carbocycles. The highest BCUT2D eigenvalue weighted by Crippen LogP contribution is 2.20. The van der Waals surface area contributed by atoms with Gasteiger partial charge >= 0.3 is 5.97 Å². The van der Waals surface area contributed by atoms with Gasteiger partial charge in [-0.1, -0.05) is 0 Å². The lowest BCUT2D eigenvalue weighted by molar-refractivity contribution is -0.145. The summed E-state index contributed by atoms with van der Waals surface area (Å²) in [5.41, 5.74) is 6.29. The fraction of sp³-hybridized carbons (Fsp3) is 0.588. The number of aliphatic hydroxyl groups excluding tert-OH is 1. The number of aliphatic hydroxyl groups is 1. The number of rotatable bonds is 10. The Balaban J connectivity index is 2.16. The summed E-state index contributed by atoms with van der Waals surface area (Å²) in [6.07, 6.45) is 3.91. The average Bonchev–Trinajstić information content (AvgIpc) is 3.41. The Labute approximate surface area is 178 Å². The van der Waals surface area contributed by atoms with Gasteiger partial charge in [0, 0.05) is 30.6 Å². The molecule has 166 valence electrons. The molecular formula is C17H26N6O6S. The van der Waals surface area contributed by atoms with Gasteiger partial charge in [0.15, 0.2) is 0 Å². The predicted molar refractivity (Wildman–Crippen MR) is 107 cm³/mol. The molecule has 0 spiro atoms. The van der Waals surface area contributed by atoms with Crippen LogP contribution in [-0.2, 0) is 25.6 Å². The van der Waals surface area contributed by atoms with Gasteiger partial charge in [0.1, 0.15) is 18.1 Å². The topological polar surface area (TPSA) is 191 Å². The molecular weight excluding hydrogens is 416 g/mol. The normalized spacial score (nSPS) is 19.0. The number of nitrogens with two attached hydrogens (primary N) is 1. The second-order valence-electron chi connectivity index (χ2n) is 6.90. The van der Waals surface area contributed by atoms with E-state index < -0.39 is 54.5 Å². The first-order valence-electron chi connectivity index (χ1n) is 9.37. The van der Waals surface area contributed by atoms with Gasteiger partial charge < -0.3 is 36.5 Å². The molecule has 2 heterocycles. The highest BCUT2D eigenvalue weighted by atomic mass is 32.1. The average molecular weight is 442 g/mol. The van der Waals surface area contributed by atoms with Gasteiger partial charge in [0.25, 0.3) is 0 Å². The summed E-state index contributed by atoms with van der Waals surface area (Å²) in [7, 11) is 0. The molecule has 1 aliphatic rings. The number of aliphatic carboxylic acids is 1. The Morgan fingerprint density at radius 1 is 1.33 bits per heavy atom. The maximum absolute atomic E-state index is 13.2. The number of carboxylic acids is 1. The Kier molecular flexibility index (Phi) is 8.62. The minimum atomic E-state index is -1.47. The lowest BCUT2D eigenvalue weighted by Gasteiger charge is -2.29. The third-order valence-electron chi connectivity index (χ3n) is 4.76. The smallest absolute Gasteiger partial charge is 0.328 e. The molecule has 4 unspecified atom stereocenters. The Hall–Kier alpha value is -2.64. The lowest BCUT2D eigenvalue weighted by Crippen LogP contribution is -2.57. The van der Waals surface area contributed by atoms with Gasteiger partial charge in [0.05, 0.1) is 19.0 Å². The minimum Gasteiger partial charge on any atom is -0.480 e. The van der Waals surface area contributed by atoms with E-state index in [-0.39, 0.29) is 18.7 Å². The van der Waals surface area contributed by atoms with Gasteiger partial charge in [-0.2, -0.15) is 12.6 Å². The predicted octanol–water partition coefficient (Wildman–Crippen LogP) is -2.75. The molecule has 1 aromatic heterocycles. The van der Waals surface area contributed by atoms with Crippen LogP contribution >= 0.6 is 12.6 Å². The van der Waals surface area contributed by atoms with Crippen molar-refractivity contribution in [2.45, 2.75) is 43.4 Å². The van der Waals surface area contributed by atoms with Crippen molar-refractivity contribution in [2.24, 2.45) is 5.73 Å². The van der Waals surface area contributed by atoms with E-state index >= 15 is 0 Å². The van der Waals surface area contributed by atoms with Crippen LogP contribution in [-0.4, -0.2) is 91.8 Å². The van der Waals surface area contributed by atoms with Crippen LogP contribution in [0.4, 0.5) is 0 Å². The summed E-state index contributed by atoms with van der Waals surface area (Å²) < 4.78 is 0. The molecule has 7 N–H and O–H groups in total. The van der Waals surface area contributed by atoms with Crippen LogP contribution in [0.1, 0.15) is 18.5 Å². The van der Waals surface area contributed by atoms with Crippen molar-refractivity contribution in [3.05, 3.63) is 18.2 Å². The lowest BCUT2D eigenvalue weighted by atomic mass is 10.1. The number of hydrogen-bond acceptors (Lipinski definition) is 8. The van der Waals surface area contributed by atoms with Gasteiger partial charge in [-0.3, -0.25) is 14.4 Å². The number of aromatic amines is 1. The van der Waals surface area contributed by atoms with E-state index in [2.05, 4.69) is 33.2 Å². The maximum atomic E-state index is 13.2. The van der Waals surface area contributed by atoms with Crippen LogP contribution in [0, 0.1) is 0 Å². The highest BCUT2D eigenvalue weighted by Gasteiger charge is 2.39. The minimum absolute atomic E-state index is 0.0866. The SMILES string of the molecule is NC(CS)C(=O)NC(Cc1cnc[nH]1)C(=O)N1CCCC1C(=O)NC(CO)C(=O)O. The molecule has 1 aliphatic heterocycles. The molecule has 1 fully saturated rings. The first-order chi connectivity index (χ1) is 14.3. The van der Waals surface area contributed by atoms with Gasteiger partial charge in [0.2, 0.25) is 17.7 Å². The molecule has 1 saturated heterocycles. The zero-order chi connectivity index (χ0) is 22.3. The Morgan fingerprint density at radius 2 is 2.07 bits per heavy atom. The van der Waals surface area contributed by atoms with Crippen molar-refractivity contribution in [3.63, 3.8) is 0 Å². The summed E-state index contributed by atoms with van der Waals surface area (Å²) >= 11 is 3.99. The molecule has 0 radical (unpaired) electrons. The number of thiol groups is 1. The molecule has 1 aromatic rings. The molecule has 12 nitrogen and oxygen atoms in total. The van der Waals surface area contributed by atoms with E-state index in [1.165, 1.54) is 17.4 Å². The van der Waals surface area contributed by atoms with Gasteiger partial charge in [-0.05, 0) is 12.8 Å². The van der Waals surface area contributed by atoms with E-state index in [1.54, 1.807) is 0 Å². The number of aromatic nitrogens is 2. The van der Waals surface area contributed by atoms with Gasteiger partial charge in [-0.25, -0.2) is 9.78 Å². The Bertz CT molecular complexity index is 760. The summed E-state index contributed by atoms with van der Waals surface area (Å²) in [4.78, 5) is 57.1. The number of likely N-dealkylation sites (tertiary alicyclic amines) is 1. The standard InChI is InChI=1S/C17H26N6O6S/c18-10(7-30)14(25)21-11(4-9-5-19-8-20-9)16(27)23-3-1-2-13(23)15(26)22-12(6-24)17(28)29/h5,8,10-13,24,30H,1-4,6-7,18H2,(H,19,20)(H,21,25)(H,22,26)(H,28,29). The van der Waals surface area contributed by atoms with Gasteiger partial charge in [-0.15, -0.1) is 0 Å². The molecule has 2 rings (SSSR count). The van der Waals surface area contributed by atoms with Crippen molar-refractivity contribution < 1.29 is 29.4 Å². The van der Waals surface area contributed by atoms with Crippen LogP contribution in [0.25, 0.3) is 0 Å². The van der Waals surface area contributed by atoms with Crippen molar-refractivity contribution in [1.82, 2.24) is 25.5 Å². The highest BCUT2D eigenvalue weighted by molar-refractivity contribution is 7.80. The van der Waals surface area contributed by atoms with Crippen molar-refractivity contribution in [2.75, 3.05) is 18.9 Å². The molecule has 3 amide bonds. The summed E-state index contributed by atoms with van der Waals surface area (Å²) in [6.45, 7) is -0.510. The number of nitrogens with zero attached hydrogens (tertiary/aromatic N) is 2. The quantitative estimate of drug-likeness (QED) is 0.190. The number of imidazole rings is 1. The van der Waals surface area contributed by atoms with E-state index in [9.17, 15) is 19.2 Å². The van der Waals surface area contributed by atoms with Crippen molar-refractivity contribution >= 4 is 36.3 Å². The zero-order valence-corrected chi connectivity index (χ0v) is 17.0. The fourth-order valence-electron chi connectivity index (χ4n) is 3.13. The fourth-order valence-corrected chi connectivity index (χ4v) is 3.30. The molecule has 0 bridgehead atoms. The number of H-pyrrole nitrogens is 1. The van der Waals surface area contributed by atoms with E-state index in [0.717, 1.165) is 0 Å². The number of amides is 3. The second kappa shape index (κ2) is 10.9. The summed E-state index contributed by atoms with van der Waals surface area (Å²) in [6, 6.07) is -4.30. The molecule has 30 heavy (non-hydrogen) atoms. The van der Waals surface area contributed by atoms with Crippen LogP contribution in [0.2, 0.25) is 0 Å². The zero-order valence-electron chi connectivity index (χ0n) is 16.2. The van der Waals surface area contributed by atoms with E-state index in [4.69, 9.17) is 15.9 Å². The molecule has 0 aromatic carbocycles. The summed E-state index contributed by atoms with van der Waals surface area (Å²) in [5.74, 6) is -3.04. The van der Waals surface area contributed by atoms with Crippen LogP contribution in [0.3, 0.4) is 0 Å². The number of hydrogen-bond donors (Lipinski definition) is 7. The van der Waals surface area contributed by atoms with Crippen molar-refractivity contribution in [1.29, 1.82) is 0 Å². The van der Waals surface area contributed by atoms with Crippen LogP contribution < -0.4 is 16.4 Å². The number of nitrogens with one attached hydrogen (secondary N) is 3. The monoisotopic (exact) mass is 442 g/mol. The molecule has 13 heteroatoms. The third kappa shape index (κ3) is 5.93.